The lowest BCUT2D eigenvalue weighted by Crippen LogP contribution is -2.48. The number of amides is 1. The number of hydrogen-bond acceptors (Lipinski definition) is 3. The van der Waals surface area contributed by atoms with Crippen LogP contribution in [0.2, 0.25) is 0 Å². The number of piperidine rings is 1. The molecule has 0 aromatic heterocycles. The summed E-state index contributed by atoms with van der Waals surface area (Å²) in [5.41, 5.74) is -2.16. The average molecular weight is 503 g/mol. The van der Waals surface area contributed by atoms with E-state index in [2.05, 4.69) is 0 Å². The largest absolute Gasteiger partial charge is 0.444 e. The summed E-state index contributed by atoms with van der Waals surface area (Å²) in [6.07, 6.45) is -13.7. The van der Waals surface area contributed by atoms with Gasteiger partial charge in [0.2, 0.25) is 0 Å². The SMILES string of the molecule is CC(C)(C)OC(=O)N1CCC[C@H](OC(c2cccc(C(F)(F)F)c2)C(F)(F)F)[C@@H]1c1ccccc1. The highest BCUT2D eigenvalue weighted by Crippen LogP contribution is 2.43. The first-order valence-electron chi connectivity index (χ1n) is 11.1. The Bertz CT molecular complexity index is 1000. The molecule has 0 N–H and O–H groups in total. The van der Waals surface area contributed by atoms with Crippen LogP contribution in [0.15, 0.2) is 54.6 Å². The van der Waals surface area contributed by atoms with Crippen molar-refractivity contribution in [1.29, 1.82) is 0 Å². The molecule has 1 unspecified atom stereocenters. The molecule has 1 aliphatic heterocycles. The van der Waals surface area contributed by atoms with Crippen LogP contribution < -0.4 is 0 Å². The van der Waals surface area contributed by atoms with Crippen molar-refractivity contribution in [2.45, 2.75) is 69.8 Å². The molecule has 2 aromatic rings. The number of likely N-dealkylation sites (tertiary alicyclic amines) is 1. The molecule has 1 heterocycles. The standard InChI is InChI=1S/C25H27F6NO3/c1-23(2,3)35-22(33)32-14-8-13-19(20(32)16-9-5-4-6-10-16)34-21(25(29,30)31)17-11-7-12-18(15-17)24(26,27)28/h4-7,9-12,15,19-21H,8,13-14H2,1-3H3/t19-,20-,21?/m0/s1. The van der Waals surface area contributed by atoms with Crippen molar-refractivity contribution in [3.05, 3.63) is 71.3 Å². The summed E-state index contributed by atoms with van der Waals surface area (Å²) in [5.74, 6) is 0. The summed E-state index contributed by atoms with van der Waals surface area (Å²) in [4.78, 5) is 14.3. The van der Waals surface area contributed by atoms with Gasteiger partial charge in [-0.25, -0.2) is 4.79 Å². The molecule has 3 atom stereocenters. The molecule has 192 valence electrons. The highest BCUT2D eigenvalue weighted by atomic mass is 19.4. The van der Waals surface area contributed by atoms with Gasteiger partial charge >= 0.3 is 18.4 Å². The lowest BCUT2D eigenvalue weighted by atomic mass is 9.92. The van der Waals surface area contributed by atoms with Gasteiger partial charge in [0.05, 0.1) is 17.7 Å². The van der Waals surface area contributed by atoms with Crippen LogP contribution in [0.1, 0.15) is 62.4 Å². The van der Waals surface area contributed by atoms with Crippen LogP contribution in [0.4, 0.5) is 31.1 Å². The lowest BCUT2D eigenvalue weighted by Gasteiger charge is -2.43. The third kappa shape index (κ3) is 6.90. The number of carbonyl (C=O) groups is 1. The highest BCUT2D eigenvalue weighted by Gasteiger charge is 2.47. The molecule has 1 fully saturated rings. The van der Waals surface area contributed by atoms with Crippen molar-refractivity contribution in [1.82, 2.24) is 4.90 Å². The van der Waals surface area contributed by atoms with Crippen LogP contribution in [-0.4, -0.2) is 35.4 Å². The zero-order valence-electron chi connectivity index (χ0n) is 19.5. The van der Waals surface area contributed by atoms with Crippen molar-refractivity contribution >= 4 is 6.09 Å². The normalized spacial score (nSPS) is 20.4. The first-order valence-corrected chi connectivity index (χ1v) is 11.1. The van der Waals surface area contributed by atoms with E-state index in [1.54, 1.807) is 51.1 Å². The first kappa shape index (κ1) is 26.8. The predicted octanol–water partition coefficient (Wildman–Crippen LogP) is 7.47. The third-order valence-electron chi connectivity index (χ3n) is 5.47. The maximum Gasteiger partial charge on any atom is 0.418 e. The number of benzene rings is 2. The Kier molecular flexibility index (Phi) is 7.74. The van der Waals surface area contributed by atoms with Crippen LogP contribution in [-0.2, 0) is 15.7 Å². The zero-order valence-corrected chi connectivity index (χ0v) is 19.5. The Morgan fingerprint density at radius 1 is 0.971 bits per heavy atom. The minimum absolute atomic E-state index is 0.171. The lowest BCUT2D eigenvalue weighted by molar-refractivity contribution is -0.246. The number of alkyl halides is 6. The molecule has 1 aliphatic rings. The molecule has 1 amide bonds. The van der Waals surface area contributed by atoms with Crippen LogP contribution in [0.3, 0.4) is 0 Å². The van der Waals surface area contributed by atoms with Crippen LogP contribution in [0, 0.1) is 0 Å². The zero-order chi connectivity index (χ0) is 26.0. The molecular weight excluding hydrogens is 476 g/mol. The molecule has 10 heteroatoms. The molecule has 0 saturated carbocycles. The number of ether oxygens (including phenoxy) is 2. The van der Waals surface area contributed by atoms with E-state index in [1.165, 1.54) is 4.90 Å². The van der Waals surface area contributed by atoms with Gasteiger partial charge in [0, 0.05) is 6.54 Å². The van der Waals surface area contributed by atoms with Gasteiger partial charge in [0.1, 0.15) is 5.60 Å². The third-order valence-corrected chi connectivity index (χ3v) is 5.47. The second-order valence-corrected chi connectivity index (χ2v) is 9.39. The van der Waals surface area contributed by atoms with E-state index in [4.69, 9.17) is 9.47 Å². The summed E-state index contributed by atoms with van der Waals surface area (Å²) in [5, 5.41) is 0. The Balaban J connectivity index is 2.00. The maximum absolute atomic E-state index is 14.1. The van der Waals surface area contributed by atoms with Gasteiger partial charge in [-0.2, -0.15) is 26.3 Å². The van der Waals surface area contributed by atoms with Gasteiger partial charge in [-0.15, -0.1) is 0 Å². The van der Waals surface area contributed by atoms with E-state index in [9.17, 15) is 31.1 Å². The fourth-order valence-corrected chi connectivity index (χ4v) is 4.07. The van der Waals surface area contributed by atoms with Gasteiger partial charge in [-0.3, -0.25) is 4.90 Å². The molecule has 4 nitrogen and oxygen atoms in total. The van der Waals surface area contributed by atoms with Crippen LogP contribution in [0.5, 0.6) is 0 Å². The molecule has 0 radical (unpaired) electrons. The Labute approximate surface area is 199 Å². The van der Waals surface area contributed by atoms with Crippen LogP contribution in [0.25, 0.3) is 0 Å². The minimum atomic E-state index is -4.99. The molecule has 3 rings (SSSR count). The number of halogens is 6. The summed E-state index contributed by atoms with van der Waals surface area (Å²) >= 11 is 0. The van der Waals surface area contributed by atoms with E-state index >= 15 is 0 Å². The summed E-state index contributed by atoms with van der Waals surface area (Å²) < 4.78 is 92.8. The Hall–Kier alpha value is -2.75. The summed E-state index contributed by atoms with van der Waals surface area (Å²) in [6, 6.07) is 10.5. The smallest absolute Gasteiger partial charge is 0.418 e. The van der Waals surface area contributed by atoms with E-state index in [1.807, 2.05) is 0 Å². The molecule has 35 heavy (non-hydrogen) atoms. The summed E-state index contributed by atoms with van der Waals surface area (Å²) in [6.45, 7) is 5.25. The van der Waals surface area contributed by atoms with Crippen LogP contribution >= 0.6 is 0 Å². The van der Waals surface area contributed by atoms with Gasteiger partial charge in [-0.1, -0.05) is 42.5 Å². The van der Waals surface area contributed by atoms with Crippen molar-refractivity contribution in [3.63, 3.8) is 0 Å². The fraction of sp³-hybridized carbons (Fsp3) is 0.480. The monoisotopic (exact) mass is 503 g/mol. The first-order chi connectivity index (χ1) is 16.2. The van der Waals surface area contributed by atoms with Crippen molar-refractivity contribution in [2.24, 2.45) is 0 Å². The molecule has 0 aliphatic carbocycles. The molecular formula is C25H27F6NO3. The fourth-order valence-electron chi connectivity index (χ4n) is 4.07. The van der Waals surface area contributed by atoms with Gasteiger partial charge < -0.3 is 9.47 Å². The second-order valence-electron chi connectivity index (χ2n) is 9.39. The average Bonchev–Trinajstić information content (AvgIpc) is 2.75. The maximum atomic E-state index is 14.1. The van der Waals surface area contributed by atoms with Gasteiger partial charge in [0.25, 0.3) is 0 Å². The number of carbonyl (C=O) groups excluding carboxylic acids is 1. The van der Waals surface area contributed by atoms with E-state index in [0.29, 0.717) is 24.1 Å². The molecule has 1 saturated heterocycles. The second kappa shape index (κ2) is 10.1. The number of nitrogens with zero attached hydrogens (tertiary/aromatic N) is 1. The van der Waals surface area contributed by atoms with Gasteiger partial charge in [0.15, 0.2) is 6.10 Å². The Morgan fingerprint density at radius 3 is 2.20 bits per heavy atom. The highest BCUT2D eigenvalue weighted by molar-refractivity contribution is 5.69. The van der Waals surface area contributed by atoms with Crippen molar-refractivity contribution in [2.75, 3.05) is 6.54 Å². The number of hydrogen-bond donors (Lipinski definition) is 0. The summed E-state index contributed by atoms with van der Waals surface area (Å²) in [7, 11) is 0. The van der Waals surface area contributed by atoms with E-state index in [-0.39, 0.29) is 13.0 Å². The Morgan fingerprint density at radius 2 is 1.63 bits per heavy atom. The van der Waals surface area contributed by atoms with Crippen molar-refractivity contribution in [3.8, 4) is 0 Å². The van der Waals surface area contributed by atoms with Gasteiger partial charge in [-0.05, 0) is 56.9 Å². The van der Waals surface area contributed by atoms with Crippen molar-refractivity contribution < 1.29 is 40.6 Å². The number of rotatable bonds is 4. The van der Waals surface area contributed by atoms with E-state index < -0.39 is 53.4 Å². The topological polar surface area (TPSA) is 38.8 Å². The quantitative estimate of drug-likeness (QED) is 0.407. The predicted molar refractivity (Wildman–Crippen MR) is 116 cm³/mol. The molecule has 0 bridgehead atoms. The molecule has 0 spiro atoms. The minimum Gasteiger partial charge on any atom is -0.444 e. The molecule has 2 aromatic carbocycles. The van der Waals surface area contributed by atoms with E-state index in [0.717, 1.165) is 12.1 Å².